The molecule has 1 atom stereocenters. The Morgan fingerprint density at radius 2 is 2.04 bits per heavy atom. The van der Waals surface area contributed by atoms with Gasteiger partial charge in [0.05, 0.1) is 12.6 Å². The maximum atomic E-state index is 12.3. The van der Waals surface area contributed by atoms with Crippen molar-refractivity contribution in [1.82, 2.24) is 10.6 Å². The van der Waals surface area contributed by atoms with Crippen LogP contribution in [0.4, 0.5) is 5.69 Å². The summed E-state index contributed by atoms with van der Waals surface area (Å²) in [5.41, 5.74) is 2.04. The van der Waals surface area contributed by atoms with Gasteiger partial charge in [0, 0.05) is 32.2 Å². The number of aliphatic imine (C=N–C) groups is 1. The topological polar surface area (TPSA) is 66.0 Å². The number of hydrogen-bond acceptors (Lipinski definition) is 3. The summed E-state index contributed by atoms with van der Waals surface area (Å²) >= 11 is 0. The summed E-state index contributed by atoms with van der Waals surface area (Å²) in [6.45, 7) is 3.87. The average molecular weight is 366 g/mol. The Kier molecular flexibility index (Phi) is 6.30. The Hall–Kier alpha value is -3.02. The van der Waals surface area contributed by atoms with E-state index >= 15 is 0 Å². The molecule has 1 amide bonds. The Labute approximate surface area is 160 Å². The number of carbonyl (C=O) groups excluding carboxylic acids is 1. The van der Waals surface area contributed by atoms with Crippen LogP contribution in [0, 0.1) is 0 Å². The van der Waals surface area contributed by atoms with Crippen molar-refractivity contribution >= 4 is 17.6 Å². The van der Waals surface area contributed by atoms with Crippen molar-refractivity contribution in [3.63, 3.8) is 0 Å². The minimum atomic E-state index is 0.0265. The fourth-order valence-electron chi connectivity index (χ4n) is 3.15. The minimum Gasteiger partial charge on any atom is -0.494 e. The van der Waals surface area contributed by atoms with Crippen LogP contribution in [0.25, 0.3) is 0 Å². The van der Waals surface area contributed by atoms with Crippen molar-refractivity contribution in [3.05, 3.63) is 60.2 Å². The molecule has 2 aromatic carbocycles. The molecular weight excluding hydrogens is 340 g/mol. The van der Waals surface area contributed by atoms with E-state index in [-0.39, 0.29) is 11.9 Å². The molecule has 0 spiro atoms. The lowest BCUT2D eigenvalue weighted by Crippen LogP contribution is -2.44. The van der Waals surface area contributed by atoms with Gasteiger partial charge in [-0.1, -0.05) is 30.3 Å². The SMILES string of the molecule is CCOc1cccc(CNC(=NC)NC2CC(=O)N(c3ccccc3)C2)c1. The van der Waals surface area contributed by atoms with Gasteiger partial charge in [-0.05, 0) is 36.8 Å². The molecule has 2 N–H and O–H groups in total. The van der Waals surface area contributed by atoms with Crippen LogP contribution < -0.4 is 20.3 Å². The fourth-order valence-corrected chi connectivity index (χ4v) is 3.15. The zero-order chi connectivity index (χ0) is 19.1. The zero-order valence-corrected chi connectivity index (χ0v) is 15.8. The van der Waals surface area contributed by atoms with Crippen molar-refractivity contribution in [2.24, 2.45) is 4.99 Å². The monoisotopic (exact) mass is 366 g/mol. The van der Waals surface area contributed by atoms with Crippen LogP contribution in [0.3, 0.4) is 0 Å². The molecule has 1 aliphatic rings. The number of hydrogen-bond donors (Lipinski definition) is 2. The van der Waals surface area contributed by atoms with Crippen LogP contribution in [-0.4, -0.2) is 38.1 Å². The molecule has 0 radical (unpaired) electrons. The van der Waals surface area contributed by atoms with E-state index < -0.39 is 0 Å². The average Bonchev–Trinajstić information content (AvgIpc) is 3.06. The van der Waals surface area contributed by atoms with Gasteiger partial charge < -0.3 is 20.3 Å². The molecule has 0 bridgehead atoms. The highest BCUT2D eigenvalue weighted by Gasteiger charge is 2.30. The Morgan fingerprint density at radius 3 is 2.78 bits per heavy atom. The zero-order valence-electron chi connectivity index (χ0n) is 15.8. The number of guanidine groups is 1. The summed E-state index contributed by atoms with van der Waals surface area (Å²) < 4.78 is 5.54. The van der Waals surface area contributed by atoms with Gasteiger partial charge in [-0.2, -0.15) is 0 Å². The standard InChI is InChI=1S/C21H26N4O2/c1-3-27-19-11-7-8-16(12-19)14-23-21(22-2)24-17-13-20(26)25(15-17)18-9-5-4-6-10-18/h4-12,17H,3,13-15H2,1-2H3,(H2,22,23,24). The summed E-state index contributed by atoms with van der Waals surface area (Å²) in [4.78, 5) is 18.4. The van der Waals surface area contributed by atoms with Crippen LogP contribution >= 0.6 is 0 Å². The van der Waals surface area contributed by atoms with Gasteiger partial charge in [0.1, 0.15) is 5.75 Å². The number of anilines is 1. The Bertz CT molecular complexity index is 792. The summed E-state index contributed by atoms with van der Waals surface area (Å²) in [7, 11) is 1.73. The van der Waals surface area contributed by atoms with E-state index in [4.69, 9.17) is 4.74 Å². The quantitative estimate of drug-likeness (QED) is 0.609. The highest BCUT2D eigenvalue weighted by Crippen LogP contribution is 2.21. The van der Waals surface area contributed by atoms with E-state index in [1.165, 1.54) is 0 Å². The second-order valence-corrected chi connectivity index (χ2v) is 6.39. The van der Waals surface area contributed by atoms with E-state index in [0.29, 0.717) is 32.1 Å². The first-order valence-corrected chi connectivity index (χ1v) is 9.24. The summed E-state index contributed by atoms with van der Waals surface area (Å²) in [6, 6.07) is 17.8. The maximum absolute atomic E-state index is 12.3. The second-order valence-electron chi connectivity index (χ2n) is 6.39. The summed E-state index contributed by atoms with van der Waals surface area (Å²) in [6.07, 6.45) is 0.454. The van der Waals surface area contributed by atoms with Gasteiger partial charge in [-0.15, -0.1) is 0 Å². The lowest BCUT2D eigenvalue weighted by atomic mass is 10.2. The maximum Gasteiger partial charge on any atom is 0.229 e. The van der Waals surface area contributed by atoms with Crippen molar-refractivity contribution in [3.8, 4) is 5.75 Å². The third kappa shape index (κ3) is 5.00. The molecule has 6 heteroatoms. The molecule has 0 aromatic heterocycles. The molecule has 142 valence electrons. The number of rotatable bonds is 6. The highest BCUT2D eigenvalue weighted by molar-refractivity contribution is 5.97. The van der Waals surface area contributed by atoms with E-state index in [9.17, 15) is 4.79 Å². The van der Waals surface area contributed by atoms with Gasteiger partial charge in [0.2, 0.25) is 5.91 Å². The highest BCUT2D eigenvalue weighted by atomic mass is 16.5. The summed E-state index contributed by atoms with van der Waals surface area (Å²) in [5, 5.41) is 6.66. The van der Waals surface area contributed by atoms with E-state index in [1.54, 1.807) is 7.05 Å². The Balaban J connectivity index is 1.55. The molecule has 0 saturated carbocycles. The first-order chi connectivity index (χ1) is 13.2. The molecule has 1 unspecified atom stereocenters. The number of amides is 1. The normalized spacial score (nSPS) is 17.1. The van der Waals surface area contributed by atoms with Crippen molar-refractivity contribution in [2.45, 2.75) is 25.9 Å². The minimum absolute atomic E-state index is 0.0265. The van der Waals surface area contributed by atoms with Crippen molar-refractivity contribution < 1.29 is 9.53 Å². The number of nitrogens with one attached hydrogen (secondary N) is 2. The third-order valence-corrected chi connectivity index (χ3v) is 4.43. The Morgan fingerprint density at radius 1 is 1.22 bits per heavy atom. The first kappa shape index (κ1) is 18.8. The van der Waals surface area contributed by atoms with Gasteiger partial charge in [-0.25, -0.2) is 0 Å². The number of para-hydroxylation sites is 1. The van der Waals surface area contributed by atoms with Gasteiger partial charge in [0.25, 0.3) is 0 Å². The molecule has 2 aromatic rings. The number of ether oxygens (including phenoxy) is 1. The first-order valence-electron chi connectivity index (χ1n) is 9.24. The molecule has 0 aliphatic carbocycles. The van der Waals surface area contributed by atoms with Gasteiger partial charge in [-0.3, -0.25) is 9.79 Å². The molecule has 6 nitrogen and oxygen atoms in total. The van der Waals surface area contributed by atoms with Crippen LogP contribution in [0.15, 0.2) is 59.6 Å². The molecular formula is C21H26N4O2. The molecule has 1 aliphatic heterocycles. The van der Waals surface area contributed by atoms with Crippen LogP contribution in [0.2, 0.25) is 0 Å². The predicted molar refractivity (Wildman–Crippen MR) is 108 cm³/mol. The second kappa shape index (κ2) is 9.07. The lowest BCUT2D eigenvalue weighted by Gasteiger charge is -2.19. The largest absolute Gasteiger partial charge is 0.494 e. The van der Waals surface area contributed by atoms with E-state index in [1.807, 2.05) is 66.4 Å². The molecule has 27 heavy (non-hydrogen) atoms. The number of benzene rings is 2. The number of carbonyl (C=O) groups is 1. The third-order valence-electron chi connectivity index (χ3n) is 4.43. The van der Waals surface area contributed by atoms with Crippen molar-refractivity contribution in [1.29, 1.82) is 0 Å². The fraction of sp³-hybridized carbons (Fsp3) is 0.333. The molecule has 1 saturated heterocycles. The number of nitrogens with zero attached hydrogens (tertiary/aromatic N) is 2. The van der Waals surface area contributed by atoms with Crippen molar-refractivity contribution in [2.75, 3.05) is 25.1 Å². The van der Waals surface area contributed by atoms with E-state index in [0.717, 1.165) is 17.0 Å². The van der Waals surface area contributed by atoms with E-state index in [2.05, 4.69) is 15.6 Å². The lowest BCUT2D eigenvalue weighted by molar-refractivity contribution is -0.117. The van der Waals surface area contributed by atoms with Gasteiger partial charge in [0.15, 0.2) is 5.96 Å². The van der Waals surface area contributed by atoms with Crippen LogP contribution in [-0.2, 0) is 11.3 Å². The predicted octanol–water partition coefficient (Wildman–Crippen LogP) is 2.56. The smallest absolute Gasteiger partial charge is 0.229 e. The van der Waals surface area contributed by atoms with Gasteiger partial charge >= 0.3 is 0 Å². The molecule has 3 rings (SSSR count). The molecule has 1 heterocycles. The van der Waals surface area contributed by atoms with Crippen LogP contribution in [0.5, 0.6) is 5.75 Å². The van der Waals surface area contributed by atoms with Crippen LogP contribution in [0.1, 0.15) is 18.9 Å². The summed E-state index contributed by atoms with van der Waals surface area (Å²) in [5.74, 6) is 1.67. The molecule has 1 fully saturated rings.